The van der Waals surface area contributed by atoms with Crippen LogP contribution in [0.1, 0.15) is 6.92 Å². The van der Waals surface area contributed by atoms with Crippen molar-refractivity contribution >= 4 is 9.28 Å². The van der Waals surface area contributed by atoms with Crippen LogP contribution in [0.3, 0.4) is 0 Å². The molecule has 0 aromatic carbocycles. The first-order chi connectivity index (χ1) is 3.85. The summed E-state index contributed by atoms with van der Waals surface area (Å²) >= 11 is 0. The molecule has 0 spiro atoms. The van der Waals surface area contributed by atoms with Crippen LogP contribution in [0.25, 0.3) is 0 Å². The Kier molecular flexibility index (Phi) is 4.95. The minimum atomic E-state index is -1.37. The third-order valence-corrected chi connectivity index (χ3v) is 2.44. The van der Waals surface area contributed by atoms with Gasteiger partial charge >= 0.3 is 9.28 Å². The number of hydrogen-bond donors (Lipinski definition) is 0. The first-order valence-corrected chi connectivity index (χ1v) is 4.14. The van der Waals surface area contributed by atoms with Gasteiger partial charge in [-0.05, 0) is 12.6 Å². The van der Waals surface area contributed by atoms with Crippen molar-refractivity contribution in [3.8, 4) is 0 Å². The van der Waals surface area contributed by atoms with Crippen molar-refractivity contribution < 1.29 is 8.85 Å². The summed E-state index contributed by atoms with van der Waals surface area (Å²) < 4.78 is 9.94. The third kappa shape index (κ3) is 2.96. The van der Waals surface area contributed by atoms with E-state index in [2.05, 4.69) is 0 Å². The van der Waals surface area contributed by atoms with E-state index in [0.717, 1.165) is 0 Å². The second-order valence-electron chi connectivity index (χ2n) is 1.37. The first kappa shape index (κ1) is 7.88. The molecule has 0 atom stereocenters. The Morgan fingerprint density at radius 3 is 1.88 bits per heavy atom. The molecule has 0 fully saturated rings. The van der Waals surface area contributed by atoms with E-state index >= 15 is 0 Å². The van der Waals surface area contributed by atoms with Crippen molar-refractivity contribution in [1.29, 1.82) is 0 Å². The molecule has 0 heterocycles. The summed E-state index contributed by atoms with van der Waals surface area (Å²) in [5.74, 6) is 0. The van der Waals surface area contributed by atoms with E-state index in [-0.39, 0.29) is 0 Å². The third-order valence-electron chi connectivity index (χ3n) is 0.814. The summed E-state index contributed by atoms with van der Waals surface area (Å²) in [6, 6.07) is 0. The standard InChI is InChI=1S/C5H12O2Si/c1-4-5-8(6-2)7-3/h4-5,8H,1-3H3/b5-4-. The van der Waals surface area contributed by atoms with Crippen molar-refractivity contribution in [2.75, 3.05) is 14.2 Å². The minimum Gasteiger partial charge on any atom is -0.397 e. The molecule has 0 bridgehead atoms. The van der Waals surface area contributed by atoms with Gasteiger partial charge in [-0.3, -0.25) is 0 Å². The zero-order valence-corrected chi connectivity index (χ0v) is 6.70. The van der Waals surface area contributed by atoms with Crippen LogP contribution in [0.4, 0.5) is 0 Å². The van der Waals surface area contributed by atoms with Crippen LogP contribution in [-0.2, 0) is 8.85 Å². The minimum absolute atomic E-state index is 1.37. The zero-order chi connectivity index (χ0) is 6.41. The summed E-state index contributed by atoms with van der Waals surface area (Å²) in [4.78, 5) is 0. The lowest BCUT2D eigenvalue weighted by Crippen LogP contribution is -2.15. The van der Waals surface area contributed by atoms with Gasteiger partial charge in [0.25, 0.3) is 0 Å². The maximum Gasteiger partial charge on any atom is 0.347 e. The molecular formula is C5H12O2Si. The summed E-state index contributed by atoms with van der Waals surface area (Å²) in [6.07, 6.45) is 1.95. The fourth-order valence-corrected chi connectivity index (χ4v) is 1.23. The van der Waals surface area contributed by atoms with Crippen LogP contribution in [0.15, 0.2) is 11.8 Å². The molecule has 0 rings (SSSR count). The first-order valence-electron chi connectivity index (χ1n) is 2.53. The maximum atomic E-state index is 4.97. The van der Waals surface area contributed by atoms with E-state index in [0.29, 0.717) is 0 Å². The monoisotopic (exact) mass is 132 g/mol. The van der Waals surface area contributed by atoms with Crippen molar-refractivity contribution in [2.45, 2.75) is 6.92 Å². The highest BCUT2D eigenvalue weighted by Crippen LogP contribution is 1.84. The maximum absolute atomic E-state index is 4.97. The molecule has 0 aromatic heterocycles. The highest BCUT2D eigenvalue weighted by Gasteiger charge is 1.99. The lowest BCUT2D eigenvalue weighted by atomic mass is 10.8. The van der Waals surface area contributed by atoms with E-state index in [1.807, 2.05) is 18.7 Å². The van der Waals surface area contributed by atoms with Gasteiger partial charge in [0.1, 0.15) is 0 Å². The van der Waals surface area contributed by atoms with Crippen LogP contribution >= 0.6 is 0 Å². The molecule has 0 N–H and O–H groups in total. The van der Waals surface area contributed by atoms with E-state index in [1.165, 1.54) is 0 Å². The molecule has 0 saturated carbocycles. The van der Waals surface area contributed by atoms with E-state index in [9.17, 15) is 0 Å². The molecule has 8 heavy (non-hydrogen) atoms. The lowest BCUT2D eigenvalue weighted by molar-refractivity contribution is 0.290. The zero-order valence-electron chi connectivity index (χ0n) is 5.55. The Morgan fingerprint density at radius 2 is 1.75 bits per heavy atom. The Balaban J connectivity index is 3.36. The van der Waals surface area contributed by atoms with Crippen molar-refractivity contribution in [3.05, 3.63) is 11.8 Å². The Labute approximate surface area is 52.0 Å². The highest BCUT2D eigenvalue weighted by atomic mass is 28.3. The van der Waals surface area contributed by atoms with Crippen LogP contribution in [0.5, 0.6) is 0 Å². The Morgan fingerprint density at radius 1 is 1.25 bits per heavy atom. The van der Waals surface area contributed by atoms with Crippen LogP contribution in [0, 0.1) is 0 Å². The molecule has 0 amide bonds. The fraction of sp³-hybridized carbons (Fsp3) is 0.600. The molecule has 0 aliphatic rings. The van der Waals surface area contributed by atoms with Gasteiger partial charge in [0.15, 0.2) is 0 Å². The largest absolute Gasteiger partial charge is 0.397 e. The quantitative estimate of drug-likeness (QED) is 0.524. The van der Waals surface area contributed by atoms with Gasteiger partial charge in [-0.25, -0.2) is 0 Å². The second-order valence-corrected chi connectivity index (χ2v) is 3.43. The lowest BCUT2D eigenvalue weighted by Gasteiger charge is -2.02. The molecular weight excluding hydrogens is 120 g/mol. The topological polar surface area (TPSA) is 18.5 Å². The fourth-order valence-electron chi connectivity index (χ4n) is 0.410. The number of allylic oxidation sites excluding steroid dienone is 1. The van der Waals surface area contributed by atoms with E-state index in [4.69, 9.17) is 8.85 Å². The second kappa shape index (κ2) is 5.02. The van der Waals surface area contributed by atoms with Gasteiger partial charge < -0.3 is 8.85 Å². The van der Waals surface area contributed by atoms with Gasteiger partial charge in [-0.1, -0.05) is 6.08 Å². The number of rotatable bonds is 3. The van der Waals surface area contributed by atoms with Gasteiger partial charge in [0.05, 0.1) is 0 Å². The molecule has 0 aliphatic heterocycles. The molecule has 3 heteroatoms. The molecule has 0 unspecified atom stereocenters. The average Bonchev–Trinajstić information content (AvgIpc) is 1.83. The molecule has 0 aromatic rings. The van der Waals surface area contributed by atoms with Crippen molar-refractivity contribution in [1.82, 2.24) is 0 Å². The summed E-state index contributed by atoms with van der Waals surface area (Å²) in [5.41, 5.74) is 1.97. The molecule has 0 saturated heterocycles. The van der Waals surface area contributed by atoms with Crippen LogP contribution in [0.2, 0.25) is 0 Å². The normalized spacial score (nSPS) is 11.5. The van der Waals surface area contributed by atoms with E-state index < -0.39 is 9.28 Å². The van der Waals surface area contributed by atoms with Crippen molar-refractivity contribution in [3.63, 3.8) is 0 Å². The van der Waals surface area contributed by atoms with E-state index in [1.54, 1.807) is 14.2 Å². The molecule has 48 valence electrons. The predicted octanol–water partition coefficient (Wildman–Crippen LogP) is 0.615. The Bertz CT molecular complexity index is 68.8. The SMILES string of the molecule is C/C=C\[SiH](OC)OC. The predicted molar refractivity (Wildman–Crippen MR) is 36.0 cm³/mol. The molecule has 2 nitrogen and oxygen atoms in total. The summed E-state index contributed by atoms with van der Waals surface area (Å²) in [6.45, 7) is 1.96. The van der Waals surface area contributed by atoms with Gasteiger partial charge in [0.2, 0.25) is 0 Å². The Hall–Kier alpha value is -0.123. The molecule has 0 radical (unpaired) electrons. The summed E-state index contributed by atoms with van der Waals surface area (Å²) in [5, 5.41) is 0. The average molecular weight is 132 g/mol. The smallest absolute Gasteiger partial charge is 0.347 e. The van der Waals surface area contributed by atoms with Gasteiger partial charge in [-0.2, -0.15) is 0 Å². The summed E-state index contributed by atoms with van der Waals surface area (Å²) in [7, 11) is 1.96. The number of hydrogen-bond acceptors (Lipinski definition) is 2. The van der Waals surface area contributed by atoms with Crippen molar-refractivity contribution in [2.24, 2.45) is 0 Å². The van der Waals surface area contributed by atoms with Crippen LogP contribution < -0.4 is 0 Å². The van der Waals surface area contributed by atoms with Gasteiger partial charge in [-0.15, -0.1) is 0 Å². The highest BCUT2D eigenvalue weighted by molar-refractivity contribution is 6.50. The van der Waals surface area contributed by atoms with Crippen LogP contribution in [-0.4, -0.2) is 23.5 Å². The molecule has 0 aliphatic carbocycles. The van der Waals surface area contributed by atoms with Gasteiger partial charge in [0, 0.05) is 14.2 Å².